The SMILES string of the molecule is Cc1cnc(CNc2c([N+](=O)[O-])c(C)nn2C)o1. The van der Waals surface area contributed by atoms with E-state index in [1.54, 1.807) is 27.1 Å². The van der Waals surface area contributed by atoms with Gasteiger partial charge in [-0.25, -0.2) is 9.67 Å². The van der Waals surface area contributed by atoms with Crippen LogP contribution in [-0.4, -0.2) is 19.7 Å². The summed E-state index contributed by atoms with van der Waals surface area (Å²) in [7, 11) is 1.64. The molecular formula is C10H13N5O3. The van der Waals surface area contributed by atoms with Crippen molar-refractivity contribution in [1.29, 1.82) is 0 Å². The van der Waals surface area contributed by atoms with Crippen molar-refractivity contribution in [2.24, 2.45) is 7.05 Å². The fourth-order valence-electron chi connectivity index (χ4n) is 1.71. The van der Waals surface area contributed by atoms with Gasteiger partial charge in [0.2, 0.25) is 11.7 Å². The Morgan fingerprint density at radius 3 is 2.83 bits per heavy atom. The van der Waals surface area contributed by atoms with Crippen molar-refractivity contribution in [3.8, 4) is 0 Å². The molecule has 0 aliphatic carbocycles. The molecule has 0 bridgehead atoms. The topological polar surface area (TPSA) is 99.0 Å². The van der Waals surface area contributed by atoms with Gasteiger partial charge in [-0.05, 0) is 13.8 Å². The van der Waals surface area contributed by atoms with Gasteiger partial charge in [-0.2, -0.15) is 5.10 Å². The van der Waals surface area contributed by atoms with Crippen LogP contribution >= 0.6 is 0 Å². The van der Waals surface area contributed by atoms with E-state index in [-0.39, 0.29) is 12.2 Å². The summed E-state index contributed by atoms with van der Waals surface area (Å²) in [6.07, 6.45) is 1.60. The minimum Gasteiger partial charge on any atom is -0.444 e. The van der Waals surface area contributed by atoms with Gasteiger partial charge in [0, 0.05) is 7.05 Å². The minimum atomic E-state index is -0.453. The first kappa shape index (κ1) is 12.1. The van der Waals surface area contributed by atoms with Gasteiger partial charge in [0.05, 0.1) is 17.7 Å². The summed E-state index contributed by atoms with van der Waals surface area (Å²) in [5, 5.41) is 17.9. The van der Waals surface area contributed by atoms with Crippen LogP contribution in [0.15, 0.2) is 10.6 Å². The molecule has 0 fully saturated rings. The number of oxazole rings is 1. The van der Waals surface area contributed by atoms with Gasteiger partial charge >= 0.3 is 5.69 Å². The van der Waals surface area contributed by atoms with Crippen LogP contribution in [0.2, 0.25) is 0 Å². The van der Waals surface area contributed by atoms with Crippen LogP contribution < -0.4 is 5.32 Å². The second-order valence-corrected chi connectivity index (χ2v) is 3.88. The van der Waals surface area contributed by atoms with Gasteiger partial charge in [0.15, 0.2) is 0 Å². The number of hydrogen-bond donors (Lipinski definition) is 1. The molecule has 0 saturated heterocycles. The summed E-state index contributed by atoms with van der Waals surface area (Å²) in [5.74, 6) is 1.51. The third-order valence-corrected chi connectivity index (χ3v) is 2.45. The van der Waals surface area contributed by atoms with E-state index in [2.05, 4.69) is 15.4 Å². The highest BCUT2D eigenvalue weighted by Crippen LogP contribution is 2.27. The van der Waals surface area contributed by atoms with Crippen LogP contribution in [0.4, 0.5) is 11.5 Å². The number of nitrogens with zero attached hydrogens (tertiary/aromatic N) is 4. The summed E-state index contributed by atoms with van der Waals surface area (Å²) >= 11 is 0. The molecular weight excluding hydrogens is 238 g/mol. The minimum absolute atomic E-state index is 0.0271. The molecule has 0 saturated carbocycles. The Labute approximate surface area is 103 Å². The summed E-state index contributed by atoms with van der Waals surface area (Å²) in [6.45, 7) is 3.65. The third-order valence-electron chi connectivity index (χ3n) is 2.45. The molecule has 0 spiro atoms. The van der Waals surface area contributed by atoms with Crippen molar-refractivity contribution in [2.75, 3.05) is 5.32 Å². The van der Waals surface area contributed by atoms with E-state index in [1.165, 1.54) is 4.68 Å². The monoisotopic (exact) mass is 251 g/mol. The molecule has 0 amide bonds. The fraction of sp³-hybridized carbons (Fsp3) is 0.400. The zero-order valence-corrected chi connectivity index (χ0v) is 10.3. The van der Waals surface area contributed by atoms with Crippen LogP contribution in [0, 0.1) is 24.0 Å². The zero-order valence-electron chi connectivity index (χ0n) is 10.3. The first-order valence-corrected chi connectivity index (χ1v) is 5.32. The molecule has 18 heavy (non-hydrogen) atoms. The molecule has 0 aliphatic rings. The lowest BCUT2D eigenvalue weighted by molar-refractivity contribution is -0.384. The highest BCUT2D eigenvalue weighted by atomic mass is 16.6. The van der Waals surface area contributed by atoms with Gasteiger partial charge in [-0.15, -0.1) is 0 Å². The first-order valence-electron chi connectivity index (χ1n) is 5.32. The van der Waals surface area contributed by atoms with Crippen molar-refractivity contribution in [1.82, 2.24) is 14.8 Å². The molecule has 0 aromatic carbocycles. The maximum atomic E-state index is 10.9. The molecule has 2 aromatic rings. The normalized spacial score (nSPS) is 10.6. The number of nitro groups is 1. The maximum Gasteiger partial charge on any atom is 0.333 e. The number of hydrogen-bond acceptors (Lipinski definition) is 6. The molecule has 0 aliphatic heterocycles. The average molecular weight is 251 g/mol. The quantitative estimate of drug-likeness (QED) is 0.653. The van der Waals surface area contributed by atoms with Crippen molar-refractivity contribution >= 4 is 11.5 Å². The molecule has 2 heterocycles. The lowest BCUT2D eigenvalue weighted by Crippen LogP contribution is -2.06. The predicted octanol–water partition coefficient (Wildman–Crippen LogP) is 1.55. The van der Waals surface area contributed by atoms with E-state index in [0.29, 0.717) is 23.2 Å². The Hall–Kier alpha value is -2.38. The second-order valence-electron chi connectivity index (χ2n) is 3.88. The van der Waals surface area contributed by atoms with Gasteiger partial charge in [-0.1, -0.05) is 0 Å². The number of aryl methyl sites for hydroxylation is 3. The molecule has 8 nitrogen and oxygen atoms in total. The lowest BCUT2D eigenvalue weighted by Gasteiger charge is -2.03. The van der Waals surface area contributed by atoms with Gasteiger partial charge in [0.1, 0.15) is 11.5 Å². The van der Waals surface area contributed by atoms with Crippen molar-refractivity contribution in [2.45, 2.75) is 20.4 Å². The van der Waals surface area contributed by atoms with Crippen molar-refractivity contribution in [3.05, 3.63) is 33.7 Å². The summed E-state index contributed by atoms with van der Waals surface area (Å²) < 4.78 is 6.71. The number of anilines is 1. The van der Waals surface area contributed by atoms with E-state index < -0.39 is 4.92 Å². The smallest absolute Gasteiger partial charge is 0.333 e. The first-order chi connectivity index (χ1) is 8.49. The van der Waals surface area contributed by atoms with Crippen LogP contribution in [-0.2, 0) is 13.6 Å². The number of rotatable bonds is 4. The molecule has 2 rings (SSSR count). The van der Waals surface area contributed by atoms with Crippen molar-refractivity contribution in [3.63, 3.8) is 0 Å². The van der Waals surface area contributed by atoms with E-state index in [0.717, 1.165) is 0 Å². The zero-order chi connectivity index (χ0) is 13.3. The van der Waals surface area contributed by atoms with Crippen LogP contribution in [0.1, 0.15) is 17.3 Å². The van der Waals surface area contributed by atoms with E-state index in [9.17, 15) is 10.1 Å². The molecule has 1 N–H and O–H groups in total. The lowest BCUT2D eigenvalue weighted by atomic mass is 10.4. The highest BCUT2D eigenvalue weighted by Gasteiger charge is 2.23. The standard InChI is InChI=1S/C10H13N5O3/c1-6-4-11-8(18-6)5-12-10-9(15(16)17)7(2)13-14(10)3/h4,12H,5H2,1-3H3. The Balaban J connectivity index is 2.21. The predicted molar refractivity (Wildman–Crippen MR) is 63.2 cm³/mol. The Kier molecular flexibility index (Phi) is 3.00. The Morgan fingerprint density at radius 2 is 2.28 bits per heavy atom. The van der Waals surface area contributed by atoms with E-state index in [1.807, 2.05) is 0 Å². The van der Waals surface area contributed by atoms with Crippen LogP contribution in [0.25, 0.3) is 0 Å². The molecule has 0 unspecified atom stereocenters. The maximum absolute atomic E-state index is 10.9. The number of nitrogens with one attached hydrogen (secondary N) is 1. The Morgan fingerprint density at radius 1 is 1.56 bits per heavy atom. The van der Waals surface area contributed by atoms with E-state index >= 15 is 0 Å². The van der Waals surface area contributed by atoms with E-state index in [4.69, 9.17) is 4.42 Å². The van der Waals surface area contributed by atoms with Gasteiger partial charge in [0.25, 0.3) is 0 Å². The molecule has 2 aromatic heterocycles. The summed E-state index contributed by atoms with van der Waals surface area (Å²) in [6, 6.07) is 0. The summed E-state index contributed by atoms with van der Waals surface area (Å²) in [5.41, 5.74) is 0.342. The molecule has 8 heteroatoms. The third kappa shape index (κ3) is 2.17. The number of aromatic nitrogens is 3. The van der Waals surface area contributed by atoms with Crippen molar-refractivity contribution < 1.29 is 9.34 Å². The molecule has 96 valence electrons. The highest BCUT2D eigenvalue weighted by molar-refractivity contribution is 5.59. The van der Waals surface area contributed by atoms with Crippen LogP contribution in [0.5, 0.6) is 0 Å². The average Bonchev–Trinajstić information content (AvgIpc) is 2.79. The van der Waals surface area contributed by atoms with Gasteiger partial charge < -0.3 is 9.73 Å². The summed E-state index contributed by atoms with van der Waals surface area (Å²) in [4.78, 5) is 14.5. The molecule has 0 radical (unpaired) electrons. The van der Waals surface area contributed by atoms with Crippen LogP contribution in [0.3, 0.4) is 0 Å². The Bertz CT molecular complexity index is 586. The van der Waals surface area contributed by atoms with Gasteiger partial charge in [-0.3, -0.25) is 10.1 Å². The fourth-order valence-corrected chi connectivity index (χ4v) is 1.71. The largest absolute Gasteiger partial charge is 0.444 e. The second kappa shape index (κ2) is 4.47. The molecule has 0 atom stereocenters.